The molecule has 17 heavy (non-hydrogen) atoms. The molecule has 0 radical (unpaired) electrons. The highest BCUT2D eigenvalue weighted by Gasteiger charge is 2.04. The van der Waals surface area contributed by atoms with E-state index in [1.165, 1.54) is 4.88 Å². The summed E-state index contributed by atoms with van der Waals surface area (Å²) >= 11 is 7.47. The van der Waals surface area contributed by atoms with E-state index in [-0.39, 0.29) is 12.4 Å². The first kappa shape index (κ1) is 14.4. The van der Waals surface area contributed by atoms with Gasteiger partial charge in [-0.1, -0.05) is 11.6 Å². The molecule has 1 atom stereocenters. The summed E-state index contributed by atoms with van der Waals surface area (Å²) in [5, 5.41) is 7.48. The van der Waals surface area contributed by atoms with E-state index in [9.17, 15) is 0 Å². The Morgan fingerprint density at radius 3 is 2.94 bits per heavy atom. The quantitative estimate of drug-likeness (QED) is 0.921. The van der Waals surface area contributed by atoms with Crippen LogP contribution >= 0.6 is 35.3 Å². The Balaban J connectivity index is 0.00000144. The third-order valence-electron chi connectivity index (χ3n) is 2.18. The smallest absolute Gasteiger partial charge is 0.137 e. The molecule has 0 aliphatic heterocycles. The molecule has 0 fully saturated rings. The van der Waals surface area contributed by atoms with Gasteiger partial charge in [0, 0.05) is 17.5 Å². The van der Waals surface area contributed by atoms with Crippen LogP contribution in [0.2, 0.25) is 4.34 Å². The fourth-order valence-electron chi connectivity index (χ4n) is 1.39. The van der Waals surface area contributed by atoms with E-state index >= 15 is 0 Å². The van der Waals surface area contributed by atoms with Crippen LogP contribution in [0.25, 0.3) is 0 Å². The second-order valence-electron chi connectivity index (χ2n) is 3.61. The van der Waals surface area contributed by atoms with Crippen molar-refractivity contribution in [2.24, 2.45) is 0 Å². The summed E-state index contributed by atoms with van der Waals surface area (Å²) in [6.45, 7) is 3.78. The molecule has 94 valence electrons. The summed E-state index contributed by atoms with van der Waals surface area (Å²) < 4.78 is 2.65. The topological polar surface area (TPSA) is 42.7 Å². The van der Waals surface area contributed by atoms with Gasteiger partial charge in [-0.15, -0.1) is 23.7 Å². The van der Waals surface area contributed by atoms with E-state index in [1.807, 2.05) is 16.8 Å². The van der Waals surface area contributed by atoms with Crippen LogP contribution in [0.5, 0.6) is 0 Å². The highest BCUT2D eigenvalue weighted by Crippen LogP contribution is 2.21. The van der Waals surface area contributed by atoms with Gasteiger partial charge in [-0.3, -0.25) is 4.68 Å². The number of hydrogen-bond acceptors (Lipinski definition) is 4. The Bertz CT molecular complexity index is 429. The monoisotopic (exact) mass is 292 g/mol. The third kappa shape index (κ3) is 4.63. The van der Waals surface area contributed by atoms with E-state index < -0.39 is 0 Å². The minimum Gasteiger partial charge on any atom is -0.308 e. The van der Waals surface area contributed by atoms with Crippen LogP contribution in [-0.2, 0) is 13.1 Å². The lowest BCUT2D eigenvalue weighted by molar-refractivity contribution is 0.451. The zero-order valence-corrected chi connectivity index (χ0v) is 11.7. The predicted octanol–water partition coefficient (Wildman–Crippen LogP) is 2.59. The molecule has 0 bridgehead atoms. The van der Waals surface area contributed by atoms with Crippen molar-refractivity contribution in [3.63, 3.8) is 0 Å². The van der Waals surface area contributed by atoms with E-state index in [0.717, 1.165) is 17.4 Å². The molecule has 1 unspecified atom stereocenters. The zero-order valence-electron chi connectivity index (χ0n) is 9.34. The Labute approximate surface area is 115 Å². The third-order valence-corrected chi connectivity index (χ3v) is 3.41. The highest BCUT2D eigenvalue weighted by molar-refractivity contribution is 7.16. The number of thiophene rings is 1. The maximum Gasteiger partial charge on any atom is 0.137 e. The fraction of sp³-hybridized carbons (Fsp3) is 0.400. The van der Waals surface area contributed by atoms with Crippen LogP contribution < -0.4 is 5.32 Å². The molecule has 0 amide bonds. The van der Waals surface area contributed by atoms with Crippen molar-refractivity contribution < 1.29 is 0 Å². The zero-order chi connectivity index (χ0) is 11.4. The first-order valence-electron chi connectivity index (χ1n) is 5.04. The maximum absolute atomic E-state index is 5.86. The van der Waals surface area contributed by atoms with Gasteiger partial charge in [-0.25, -0.2) is 4.98 Å². The van der Waals surface area contributed by atoms with Crippen molar-refractivity contribution in [3.8, 4) is 0 Å². The normalized spacial score (nSPS) is 12.1. The number of rotatable bonds is 5. The van der Waals surface area contributed by atoms with Gasteiger partial charge in [0.15, 0.2) is 0 Å². The molecule has 1 N–H and O–H groups in total. The molecule has 4 nitrogen and oxygen atoms in total. The number of nitrogens with zero attached hydrogens (tertiary/aromatic N) is 3. The van der Waals surface area contributed by atoms with Crippen molar-refractivity contribution in [1.29, 1.82) is 0 Å². The lowest BCUT2D eigenvalue weighted by atomic mass is 10.3. The Morgan fingerprint density at radius 1 is 1.53 bits per heavy atom. The molecule has 2 aromatic heterocycles. The van der Waals surface area contributed by atoms with Crippen molar-refractivity contribution >= 4 is 35.3 Å². The van der Waals surface area contributed by atoms with Gasteiger partial charge >= 0.3 is 0 Å². The molecule has 2 aromatic rings. The molecule has 0 aliphatic rings. The molecular formula is C10H14Cl2N4S. The highest BCUT2D eigenvalue weighted by atomic mass is 35.5. The molecule has 7 heteroatoms. The van der Waals surface area contributed by atoms with Crippen LogP contribution in [0, 0.1) is 0 Å². The molecule has 2 rings (SSSR count). The molecular weight excluding hydrogens is 279 g/mol. The Hall–Kier alpha value is -0.620. The number of aromatic nitrogens is 3. The summed E-state index contributed by atoms with van der Waals surface area (Å²) in [6, 6.07) is 4.32. The average molecular weight is 293 g/mol. The van der Waals surface area contributed by atoms with Crippen LogP contribution in [0.1, 0.15) is 11.8 Å². The lowest BCUT2D eigenvalue weighted by Gasteiger charge is -2.12. The van der Waals surface area contributed by atoms with Crippen molar-refractivity contribution in [2.45, 2.75) is 26.1 Å². The molecule has 0 saturated carbocycles. The van der Waals surface area contributed by atoms with Crippen LogP contribution in [0.15, 0.2) is 24.8 Å². The maximum atomic E-state index is 5.86. The average Bonchev–Trinajstić information content (AvgIpc) is 2.87. The number of halogens is 2. The van der Waals surface area contributed by atoms with Gasteiger partial charge in [0.25, 0.3) is 0 Å². The fourth-order valence-corrected chi connectivity index (χ4v) is 2.43. The first-order valence-corrected chi connectivity index (χ1v) is 6.23. The van der Waals surface area contributed by atoms with E-state index in [0.29, 0.717) is 6.04 Å². The molecule has 0 spiro atoms. The molecule has 0 saturated heterocycles. The minimum absolute atomic E-state index is 0. The van der Waals surface area contributed by atoms with Crippen LogP contribution in [0.3, 0.4) is 0 Å². The Morgan fingerprint density at radius 2 is 2.35 bits per heavy atom. The summed E-state index contributed by atoms with van der Waals surface area (Å²) in [6.07, 6.45) is 3.27. The Kier molecular flexibility index (Phi) is 5.91. The second-order valence-corrected chi connectivity index (χ2v) is 5.40. The van der Waals surface area contributed by atoms with Crippen LogP contribution in [-0.4, -0.2) is 20.8 Å². The lowest BCUT2D eigenvalue weighted by Crippen LogP contribution is -2.29. The summed E-state index contributed by atoms with van der Waals surface area (Å²) in [5.41, 5.74) is 0. The SMILES string of the molecule is CC(Cn1cncn1)NCc1ccc(Cl)s1.Cl. The van der Waals surface area contributed by atoms with E-state index in [2.05, 4.69) is 22.3 Å². The number of hydrogen-bond donors (Lipinski definition) is 1. The van der Waals surface area contributed by atoms with E-state index in [4.69, 9.17) is 11.6 Å². The van der Waals surface area contributed by atoms with Crippen molar-refractivity contribution in [1.82, 2.24) is 20.1 Å². The summed E-state index contributed by atoms with van der Waals surface area (Å²) in [5.74, 6) is 0. The van der Waals surface area contributed by atoms with E-state index in [1.54, 1.807) is 24.0 Å². The van der Waals surface area contributed by atoms with Crippen molar-refractivity contribution in [2.75, 3.05) is 0 Å². The van der Waals surface area contributed by atoms with Crippen molar-refractivity contribution in [3.05, 3.63) is 34.0 Å². The second kappa shape index (κ2) is 6.96. The van der Waals surface area contributed by atoms with Gasteiger partial charge in [0.05, 0.1) is 10.9 Å². The largest absolute Gasteiger partial charge is 0.308 e. The summed E-state index contributed by atoms with van der Waals surface area (Å²) in [7, 11) is 0. The van der Waals surface area contributed by atoms with Gasteiger partial charge in [0.1, 0.15) is 12.7 Å². The van der Waals surface area contributed by atoms with Gasteiger partial charge in [0.2, 0.25) is 0 Å². The van der Waals surface area contributed by atoms with Crippen LogP contribution in [0.4, 0.5) is 0 Å². The standard InChI is InChI=1S/C10H13ClN4S.ClH/c1-8(5-15-7-12-6-14-15)13-4-9-2-3-10(11)16-9;/h2-3,6-8,13H,4-5H2,1H3;1H. The van der Waals surface area contributed by atoms with Gasteiger partial charge in [-0.2, -0.15) is 5.10 Å². The minimum atomic E-state index is 0. The van der Waals surface area contributed by atoms with Gasteiger partial charge in [-0.05, 0) is 19.1 Å². The first-order chi connectivity index (χ1) is 7.74. The molecule has 0 aromatic carbocycles. The van der Waals surface area contributed by atoms with Gasteiger partial charge < -0.3 is 5.32 Å². The summed E-state index contributed by atoms with van der Waals surface area (Å²) in [4.78, 5) is 5.15. The number of nitrogens with one attached hydrogen (secondary N) is 1. The molecule has 2 heterocycles. The predicted molar refractivity (Wildman–Crippen MR) is 72.9 cm³/mol. The molecule has 0 aliphatic carbocycles.